The molecule has 0 spiro atoms. The highest BCUT2D eigenvalue weighted by Gasteiger charge is 2.25. The maximum Gasteiger partial charge on any atom is 0.345 e. The van der Waals surface area contributed by atoms with Crippen molar-refractivity contribution in [2.75, 3.05) is 0 Å². The molecule has 27 heavy (non-hydrogen) atoms. The lowest BCUT2D eigenvalue weighted by atomic mass is 10.1. The number of nitrogens with zero attached hydrogens (tertiary/aromatic N) is 6. The van der Waals surface area contributed by atoms with E-state index < -0.39 is 0 Å². The normalized spacial score (nSPS) is 17.0. The molecule has 1 amide bonds. The van der Waals surface area contributed by atoms with Crippen LogP contribution in [0.4, 0.5) is 0 Å². The molecule has 142 valence electrons. The first kappa shape index (κ1) is 17.4. The summed E-state index contributed by atoms with van der Waals surface area (Å²) in [6, 6.07) is 1.91. The molecule has 0 saturated heterocycles. The largest absolute Gasteiger partial charge is 0.349 e. The Balaban J connectivity index is 1.58. The maximum atomic E-state index is 13.0. The first-order chi connectivity index (χ1) is 12.8. The molecule has 1 unspecified atom stereocenters. The lowest BCUT2D eigenvalue weighted by molar-refractivity contribution is 0.0933. The molecule has 1 aliphatic heterocycles. The van der Waals surface area contributed by atoms with Crippen LogP contribution in [0.3, 0.4) is 0 Å². The number of fused-ring (bicyclic) bond motifs is 2. The molecule has 0 aromatic carbocycles. The van der Waals surface area contributed by atoms with Crippen molar-refractivity contribution in [2.45, 2.75) is 52.6 Å². The molecule has 1 atom stereocenters. The number of hydrogen-bond acceptors (Lipinski definition) is 5. The van der Waals surface area contributed by atoms with Crippen LogP contribution in [0, 0.1) is 20.8 Å². The highest BCUT2D eigenvalue weighted by Crippen LogP contribution is 2.18. The van der Waals surface area contributed by atoms with E-state index in [0.717, 1.165) is 23.6 Å². The van der Waals surface area contributed by atoms with E-state index in [9.17, 15) is 9.59 Å². The second kappa shape index (κ2) is 6.33. The predicted octanol–water partition coefficient (Wildman–Crippen LogP) is 0.685. The Morgan fingerprint density at radius 2 is 2.00 bits per heavy atom. The van der Waals surface area contributed by atoms with E-state index in [2.05, 4.69) is 20.5 Å². The van der Waals surface area contributed by atoms with Crippen LogP contribution in [0.25, 0.3) is 5.65 Å². The van der Waals surface area contributed by atoms with Crippen molar-refractivity contribution < 1.29 is 4.79 Å². The summed E-state index contributed by atoms with van der Waals surface area (Å²) < 4.78 is 4.78. The van der Waals surface area contributed by atoms with Gasteiger partial charge < -0.3 is 5.32 Å². The molecule has 9 nitrogen and oxygen atoms in total. The average molecular weight is 369 g/mol. The molecule has 4 heterocycles. The third kappa shape index (κ3) is 2.92. The maximum absolute atomic E-state index is 13.0. The zero-order valence-electron chi connectivity index (χ0n) is 16.0. The summed E-state index contributed by atoms with van der Waals surface area (Å²) in [7, 11) is 1.66. The number of aromatic nitrogens is 6. The quantitative estimate of drug-likeness (QED) is 0.716. The van der Waals surface area contributed by atoms with Gasteiger partial charge in [0.05, 0.1) is 5.69 Å². The second-order valence-corrected chi connectivity index (χ2v) is 7.21. The molecule has 0 bridgehead atoms. The number of rotatable bonds is 2. The van der Waals surface area contributed by atoms with E-state index in [1.165, 1.54) is 4.68 Å². The van der Waals surface area contributed by atoms with Gasteiger partial charge in [0.25, 0.3) is 5.91 Å². The van der Waals surface area contributed by atoms with Gasteiger partial charge in [-0.3, -0.25) is 9.36 Å². The van der Waals surface area contributed by atoms with Gasteiger partial charge in [0, 0.05) is 37.4 Å². The predicted molar refractivity (Wildman–Crippen MR) is 98.9 cm³/mol. The van der Waals surface area contributed by atoms with Crippen molar-refractivity contribution in [3.05, 3.63) is 45.0 Å². The van der Waals surface area contributed by atoms with E-state index in [1.54, 1.807) is 16.1 Å². The van der Waals surface area contributed by atoms with E-state index in [0.29, 0.717) is 36.3 Å². The van der Waals surface area contributed by atoms with E-state index in [-0.39, 0.29) is 17.6 Å². The summed E-state index contributed by atoms with van der Waals surface area (Å²) >= 11 is 0. The molecule has 0 fully saturated rings. The Morgan fingerprint density at radius 1 is 1.22 bits per heavy atom. The summed E-state index contributed by atoms with van der Waals surface area (Å²) in [5.41, 5.74) is 3.44. The highest BCUT2D eigenvalue weighted by atomic mass is 16.2. The third-order valence-electron chi connectivity index (χ3n) is 5.13. The number of amides is 1. The Morgan fingerprint density at radius 3 is 2.78 bits per heavy atom. The van der Waals surface area contributed by atoms with Crippen LogP contribution in [0.2, 0.25) is 0 Å². The van der Waals surface area contributed by atoms with E-state index in [1.807, 2.05) is 26.8 Å². The van der Waals surface area contributed by atoms with Gasteiger partial charge in [-0.1, -0.05) is 0 Å². The monoisotopic (exact) mass is 369 g/mol. The summed E-state index contributed by atoms with van der Waals surface area (Å²) in [5.74, 6) is 0.608. The molecule has 9 heteroatoms. The van der Waals surface area contributed by atoms with Gasteiger partial charge in [0.15, 0.2) is 5.65 Å². The third-order valence-corrected chi connectivity index (χ3v) is 5.13. The molecular weight excluding hydrogens is 346 g/mol. The van der Waals surface area contributed by atoms with Gasteiger partial charge >= 0.3 is 5.69 Å². The van der Waals surface area contributed by atoms with Crippen LogP contribution in [0.15, 0.2) is 10.9 Å². The number of nitrogens with one attached hydrogen (secondary N) is 1. The summed E-state index contributed by atoms with van der Waals surface area (Å²) in [6.07, 6.45) is 2.09. The summed E-state index contributed by atoms with van der Waals surface area (Å²) in [5, 5.41) is 11.9. The van der Waals surface area contributed by atoms with Crippen LogP contribution < -0.4 is 11.0 Å². The zero-order valence-corrected chi connectivity index (χ0v) is 16.0. The first-order valence-corrected chi connectivity index (χ1v) is 9.12. The molecule has 4 rings (SSSR count). The SMILES string of the molecule is Cc1cc(C)n2nc(C)c(C(=O)NC3CCc4nn(C)c(=O)n4CC3)c2n1. The van der Waals surface area contributed by atoms with Gasteiger partial charge in [0.2, 0.25) is 0 Å². The Bertz CT molecular complexity index is 1110. The number of carbonyl (C=O) groups is 1. The number of hydrogen-bond donors (Lipinski definition) is 1. The van der Waals surface area contributed by atoms with Crippen molar-refractivity contribution in [3.8, 4) is 0 Å². The molecule has 0 aliphatic carbocycles. The molecular formula is C18H23N7O2. The molecule has 3 aromatic heterocycles. The van der Waals surface area contributed by atoms with Crippen molar-refractivity contribution in [1.29, 1.82) is 0 Å². The lowest BCUT2D eigenvalue weighted by Crippen LogP contribution is -2.36. The highest BCUT2D eigenvalue weighted by molar-refractivity contribution is 6.01. The van der Waals surface area contributed by atoms with Crippen molar-refractivity contribution in [1.82, 2.24) is 34.3 Å². The van der Waals surface area contributed by atoms with Gasteiger partial charge in [-0.05, 0) is 39.7 Å². The van der Waals surface area contributed by atoms with E-state index in [4.69, 9.17) is 0 Å². The van der Waals surface area contributed by atoms with Crippen LogP contribution in [0.5, 0.6) is 0 Å². The molecule has 1 aliphatic rings. The van der Waals surface area contributed by atoms with Crippen molar-refractivity contribution in [3.63, 3.8) is 0 Å². The van der Waals surface area contributed by atoms with Gasteiger partial charge in [-0.25, -0.2) is 19.0 Å². The van der Waals surface area contributed by atoms with Crippen molar-refractivity contribution >= 4 is 11.6 Å². The molecule has 0 radical (unpaired) electrons. The van der Waals surface area contributed by atoms with Crippen LogP contribution in [-0.2, 0) is 20.0 Å². The van der Waals surface area contributed by atoms with Gasteiger partial charge in [-0.15, -0.1) is 0 Å². The molecule has 0 saturated carbocycles. The average Bonchev–Trinajstić information content (AvgIpc) is 2.98. The molecule has 1 N–H and O–H groups in total. The zero-order chi connectivity index (χ0) is 19.3. The minimum absolute atomic E-state index is 0.0239. The van der Waals surface area contributed by atoms with Gasteiger partial charge in [-0.2, -0.15) is 10.2 Å². The van der Waals surface area contributed by atoms with Crippen LogP contribution in [-0.4, -0.2) is 40.9 Å². The fraction of sp³-hybridized carbons (Fsp3) is 0.500. The summed E-state index contributed by atoms with van der Waals surface area (Å²) in [4.78, 5) is 29.6. The minimum atomic E-state index is -0.169. The standard InChI is InChI=1S/C18H23N7O2/c1-10-9-11(2)25-16(19-10)15(12(3)21-25)17(26)20-13-5-6-14-22-23(4)18(27)24(14)8-7-13/h9,13H,5-8H2,1-4H3,(H,20,26). The Kier molecular flexibility index (Phi) is 4.09. The first-order valence-electron chi connectivity index (χ1n) is 9.12. The Hall–Kier alpha value is -2.97. The van der Waals surface area contributed by atoms with Crippen LogP contribution >= 0.6 is 0 Å². The Labute approximate surface area is 156 Å². The van der Waals surface area contributed by atoms with Crippen molar-refractivity contribution in [2.24, 2.45) is 7.05 Å². The fourth-order valence-electron chi connectivity index (χ4n) is 3.79. The molecule has 3 aromatic rings. The number of carbonyl (C=O) groups excluding carboxylic acids is 1. The second-order valence-electron chi connectivity index (χ2n) is 7.21. The minimum Gasteiger partial charge on any atom is -0.349 e. The topological polar surface area (TPSA) is 99.1 Å². The number of aryl methyl sites for hydroxylation is 5. The van der Waals surface area contributed by atoms with E-state index >= 15 is 0 Å². The summed E-state index contributed by atoms with van der Waals surface area (Å²) in [6.45, 7) is 6.23. The smallest absolute Gasteiger partial charge is 0.345 e. The van der Waals surface area contributed by atoms with Crippen LogP contribution in [0.1, 0.15) is 46.1 Å². The fourth-order valence-corrected chi connectivity index (χ4v) is 3.79. The lowest BCUT2D eigenvalue weighted by Gasteiger charge is -2.15. The van der Waals surface area contributed by atoms with Gasteiger partial charge in [0.1, 0.15) is 11.4 Å².